The van der Waals surface area contributed by atoms with Crippen LogP contribution in [0.1, 0.15) is 21.8 Å². The summed E-state index contributed by atoms with van der Waals surface area (Å²) in [5, 5.41) is 4.38. The number of nitrogens with zero attached hydrogens (tertiary/aromatic N) is 2. The lowest BCUT2D eigenvalue weighted by Crippen LogP contribution is -2.25. The number of carbonyl (C=O) groups excluding carboxylic acids is 1. The molecule has 1 amide bonds. The second kappa shape index (κ2) is 5.23. The number of hydrogen-bond acceptors (Lipinski definition) is 3. The van der Waals surface area contributed by atoms with Gasteiger partial charge in [-0.2, -0.15) is 0 Å². The Morgan fingerprint density at radius 3 is 2.61 bits per heavy atom. The van der Waals surface area contributed by atoms with E-state index in [1.807, 2.05) is 12.1 Å². The molecular formula is C13H13ClN2O2. The normalized spacial score (nSPS) is 10.4. The van der Waals surface area contributed by atoms with Crippen molar-refractivity contribution < 1.29 is 9.32 Å². The van der Waals surface area contributed by atoms with E-state index in [1.54, 1.807) is 37.1 Å². The number of aryl methyl sites for hydroxylation is 1. The van der Waals surface area contributed by atoms with Gasteiger partial charge in [-0.3, -0.25) is 4.79 Å². The number of hydrogen-bond donors (Lipinski definition) is 0. The van der Waals surface area contributed by atoms with Crippen molar-refractivity contribution in [1.82, 2.24) is 10.1 Å². The van der Waals surface area contributed by atoms with Gasteiger partial charge in [0.1, 0.15) is 0 Å². The smallest absolute Gasteiger partial charge is 0.292 e. The molecular weight excluding hydrogens is 252 g/mol. The zero-order valence-corrected chi connectivity index (χ0v) is 10.9. The van der Waals surface area contributed by atoms with Crippen molar-refractivity contribution in [2.24, 2.45) is 0 Å². The molecule has 4 nitrogen and oxygen atoms in total. The van der Waals surface area contributed by atoms with Crippen LogP contribution in [0.25, 0.3) is 0 Å². The monoisotopic (exact) mass is 264 g/mol. The molecule has 0 aliphatic rings. The fraction of sp³-hybridized carbons (Fsp3) is 0.231. The molecule has 0 unspecified atom stereocenters. The Labute approximate surface area is 110 Å². The lowest BCUT2D eigenvalue weighted by molar-refractivity contribution is 0.0743. The van der Waals surface area contributed by atoms with Crippen LogP contribution in [0.4, 0.5) is 0 Å². The summed E-state index contributed by atoms with van der Waals surface area (Å²) in [5.41, 5.74) is 1.70. The van der Waals surface area contributed by atoms with Crippen molar-refractivity contribution in [2.45, 2.75) is 13.5 Å². The number of benzene rings is 1. The maximum Gasteiger partial charge on any atom is 0.292 e. The van der Waals surface area contributed by atoms with E-state index >= 15 is 0 Å². The van der Waals surface area contributed by atoms with Crippen molar-refractivity contribution in [2.75, 3.05) is 7.05 Å². The molecule has 94 valence electrons. The summed E-state index contributed by atoms with van der Waals surface area (Å²) >= 11 is 5.81. The van der Waals surface area contributed by atoms with E-state index in [0.29, 0.717) is 17.3 Å². The highest BCUT2D eigenvalue weighted by Gasteiger charge is 2.16. The van der Waals surface area contributed by atoms with Gasteiger partial charge in [0, 0.05) is 24.7 Å². The molecule has 0 saturated carbocycles. The van der Waals surface area contributed by atoms with Gasteiger partial charge in [0.05, 0.1) is 5.69 Å². The molecule has 1 aromatic heterocycles. The van der Waals surface area contributed by atoms with Crippen LogP contribution in [0, 0.1) is 6.92 Å². The molecule has 0 bridgehead atoms. The van der Waals surface area contributed by atoms with E-state index in [1.165, 1.54) is 0 Å². The first kappa shape index (κ1) is 12.6. The molecule has 2 rings (SSSR count). The van der Waals surface area contributed by atoms with Crippen molar-refractivity contribution in [3.63, 3.8) is 0 Å². The first-order chi connectivity index (χ1) is 8.56. The van der Waals surface area contributed by atoms with Gasteiger partial charge in [-0.1, -0.05) is 28.9 Å². The Kier molecular flexibility index (Phi) is 3.67. The minimum absolute atomic E-state index is 0.189. The molecule has 0 atom stereocenters. The molecule has 0 radical (unpaired) electrons. The van der Waals surface area contributed by atoms with Gasteiger partial charge in [-0.25, -0.2) is 0 Å². The summed E-state index contributed by atoms with van der Waals surface area (Å²) in [6.07, 6.45) is 0. The SMILES string of the molecule is Cc1cc(C(=O)N(C)Cc2ccc(Cl)cc2)on1. The van der Waals surface area contributed by atoms with Crippen LogP contribution in [-0.4, -0.2) is 23.0 Å². The third kappa shape index (κ3) is 2.90. The van der Waals surface area contributed by atoms with Crippen LogP contribution >= 0.6 is 11.6 Å². The van der Waals surface area contributed by atoms with Gasteiger partial charge in [-0.05, 0) is 24.6 Å². The molecule has 0 fully saturated rings. The van der Waals surface area contributed by atoms with Crippen LogP contribution in [0.3, 0.4) is 0 Å². The zero-order chi connectivity index (χ0) is 13.1. The van der Waals surface area contributed by atoms with Crippen LogP contribution in [-0.2, 0) is 6.54 Å². The highest BCUT2D eigenvalue weighted by Crippen LogP contribution is 2.12. The predicted molar refractivity (Wildman–Crippen MR) is 68.5 cm³/mol. The molecule has 0 N–H and O–H groups in total. The minimum Gasteiger partial charge on any atom is -0.351 e. The fourth-order valence-electron chi connectivity index (χ4n) is 1.59. The van der Waals surface area contributed by atoms with Gasteiger partial charge in [0.25, 0.3) is 5.91 Å². The van der Waals surface area contributed by atoms with Gasteiger partial charge in [-0.15, -0.1) is 0 Å². The Morgan fingerprint density at radius 1 is 1.39 bits per heavy atom. The van der Waals surface area contributed by atoms with Gasteiger partial charge < -0.3 is 9.42 Å². The second-order valence-corrected chi connectivity index (χ2v) is 4.56. The number of amides is 1. The third-order valence-corrected chi connectivity index (χ3v) is 2.77. The quantitative estimate of drug-likeness (QED) is 0.856. The summed E-state index contributed by atoms with van der Waals surface area (Å²) in [7, 11) is 1.72. The average Bonchev–Trinajstić information content (AvgIpc) is 2.78. The zero-order valence-electron chi connectivity index (χ0n) is 10.2. The van der Waals surface area contributed by atoms with Crippen LogP contribution < -0.4 is 0 Å². The average molecular weight is 265 g/mol. The Hall–Kier alpha value is -1.81. The largest absolute Gasteiger partial charge is 0.351 e. The lowest BCUT2D eigenvalue weighted by atomic mass is 10.2. The van der Waals surface area contributed by atoms with Crippen molar-refractivity contribution >= 4 is 17.5 Å². The summed E-state index contributed by atoms with van der Waals surface area (Å²) in [6, 6.07) is 9.00. The molecule has 1 heterocycles. The summed E-state index contributed by atoms with van der Waals surface area (Å²) in [5.74, 6) is 0.0644. The number of rotatable bonds is 3. The highest BCUT2D eigenvalue weighted by atomic mass is 35.5. The second-order valence-electron chi connectivity index (χ2n) is 4.12. The fourth-order valence-corrected chi connectivity index (χ4v) is 1.71. The first-order valence-corrected chi connectivity index (χ1v) is 5.87. The Morgan fingerprint density at radius 2 is 2.06 bits per heavy atom. The lowest BCUT2D eigenvalue weighted by Gasteiger charge is -2.15. The summed E-state index contributed by atoms with van der Waals surface area (Å²) in [4.78, 5) is 13.6. The van der Waals surface area contributed by atoms with E-state index in [9.17, 15) is 4.79 Å². The molecule has 5 heteroatoms. The number of halogens is 1. The summed E-state index contributed by atoms with van der Waals surface area (Å²) in [6.45, 7) is 2.27. The van der Waals surface area contributed by atoms with Crippen LogP contribution in [0.15, 0.2) is 34.9 Å². The minimum atomic E-state index is -0.189. The van der Waals surface area contributed by atoms with Crippen molar-refractivity contribution in [3.8, 4) is 0 Å². The molecule has 0 aliphatic carbocycles. The number of carbonyl (C=O) groups is 1. The standard InChI is InChI=1S/C13H13ClN2O2/c1-9-7-12(18-15-9)13(17)16(2)8-10-3-5-11(14)6-4-10/h3-7H,8H2,1-2H3. The van der Waals surface area contributed by atoms with Gasteiger partial charge in [0.2, 0.25) is 5.76 Å². The maximum atomic E-state index is 12.0. The molecule has 0 saturated heterocycles. The van der Waals surface area contributed by atoms with Crippen LogP contribution in [0.2, 0.25) is 5.02 Å². The van der Waals surface area contributed by atoms with Crippen molar-refractivity contribution in [3.05, 3.63) is 52.4 Å². The highest BCUT2D eigenvalue weighted by molar-refractivity contribution is 6.30. The summed E-state index contributed by atoms with van der Waals surface area (Å²) < 4.78 is 4.94. The molecule has 18 heavy (non-hydrogen) atoms. The van der Waals surface area contributed by atoms with E-state index in [0.717, 1.165) is 5.56 Å². The first-order valence-electron chi connectivity index (χ1n) is 5.49. The third-order valence-electron chi connectivity index (χ3n) is 2.52. The van der Waals surface area contributed by atoms with Gasteiger partial charge in [0.15, 0.2) is 0 Å². The van der Waals surface area contributed by atoms with Crippen LogP contribution in [0.5, 0.6) is 0 Å². The van der Waals surface area contributed by atoms with Crippen molar-refractivity contribution in [1.29, 1.82) is 0 Å². The Balaban J connectivity index is 2.05. The molecule has 0 aliphatic heterocycles. The van der Waals surface area contributed by atoms with E-state index < -0.39 is 0 Å². The number of aromatic nitrogens is 1. The van der Waals surface area contributed by atoms with E-state index in [4.69, 9.17) is 16.1 Å². The molecule has 1 aromatic carbocycles. The Bertz CT molecular complexity index is 548. The van der Waals surface area contributed by atoms with E-state index in [2.05, 4.69) is 5.16 Å². The molecule has 2 aromatic rings. The molecule has 0 spiro atoms. The van der Waals surface area contributed by atoms with E-state index in [-0.39, 0.29) is 11.7 Å². The maximum absolute atomic E-state index is 12.0. The predicted octanol–water partition coefficient (Wildman–Crippen LogP) is 2.91. The topological polar surface area (TPSA) is 46.3 Å². The van der Waals surface area contributed by atoms with Gasteiger partial charge >= 0.3 is 0 Å².